The van der Waals surface area contributed by atoms with Gasteiger partial charge in [-0.3, -0.25) is 14.8 Å². The Hall–Kier alpha value is -2.27. The van der Waals surface area contributed by atoms with Crippen LogP contribution in [0.25, 0.3) is 0 Å². The predicted molar refractivity (Wildman–Crippen MR) is 109 cm³/mol. The number of nitrogens with one attached hydrogen (secondary N) is 1. The third kappa shape index (κ3) is 4.35. The molecular formula is C18H24N4O5S2. The van der Waals surface area contributed by atoms with E-state index in [0.717, 1.165) is 11.3 Å². The number of thiazole rings is 1. The van der Waals surface area contributed by atoms with Crippen molar-refractivity contribution in [2.45, 2.75) is 46.1 Å². The molecule has 1 fully saturated rings. The quantitative estimate of drug-likeness (QED) is 0.684. The van der Waals surface area contributed by atoms with Gasteiger partial charge < -0.3 is 4.74 Å². The highest BCUT2D eigenvalue weighted by Crippen LogP contribution is 2.29. The second-order valence-electron chi connectivity index (χ2n) is 7.03. The van der Waals surface area contributed by atoms with Crippen molar-refractivity contribution in [1.29, 1.82) is 0 Å². The first-order valence-corrected chi connectivity index (χ1v) is 12.0. The van der Waals surface area contributed by atoms with Crippen molar-refractivity contribution >= 4 is 38.2 Å². The number of aromatic nitrogens is 3. The van der Waals surface area contributed by atoms with Crippen LogP contribution in [-0.2, 0) is 21.0 Å². The van der Waals surface area contributed by atoms with E-state index in [1.54, 1.807) is 18.5 Å². The summed E-state index contributed by atoms with van der Waals surface area (Å²) in [5.41, 5.74) is 1.74. The van der Waals surface area contributed by atoms with Crippen LogP contribution in [0.1, 0.15) is 62.9 Å². The van der Waals surface area contributed by atoms with Gasteiger partial charge >= 0.3 is 5.97 Å². The number of amides is 1. The first-order chi connectivity index (χ1) is 13.7. The van der Waals surface area contributed by atoms with E-state index in [1.807, 2.05) is 6.92 Å². The molecule has 1 amide bonds. The highest BCUT2D eigenvalue weighted by Gasteiger charge is 2.32. The van der Waals surface area contributed by atoms with E-state index in [-0.39, 0.29) is 29.1 Å². The zero-order valence-corrected chi connectivity index (χ0v) is 18.4. The number of carbonyl (C=O) groups excluding carboxylic acids is 2. The SMILES string of the molecule is CCCc1sc(NC(=O)c2c(C)nn([C@@H]3CCS(=O)(=O)C3)c2C)nc1C(=O)OC. The number of aryl methyl sites for hydroxylation is 2. The fourth-order valence-electron chi connectivity index (χ4n) is 3.53. The molecule has 158 valence electrons. The average molecular weight is 441 g/mol. The summed E-state index contributed by atoms with van der Waals surface area (Å²) in [6.07, 6.45) is 1.97. The molecule has 0 unspecified atom stereocenters. The summed E-state index contributed by atoms with van der Waals surface area (Å²) in [6, 6.07) is -0.262. The van der Waals surface area contributed by atoms with E-state index in [9.17, 15) is 18.0 Å². The summed E-state index contributed by atoms with van der Waals surface area (Å²) in [5, 5.41) is 7.48. The van der Waals surface area contributed by atoms with Crippen molar-refractivity contribution in [3.63, 3.8) is 0 Å². The minimum Gasteiger partial charge on any atom is -0.464 e. The lowest BCUT2D eigenvalue weighted by atomic mass is 10.1. The second-order valence-corrected chi connectivity index (χ2v) is 10.3. The zero-order chi connectivity index (χ0) is 21.3. The van der Waals surface area contributed by atoms with Crippen LogP contribution < -0.4 is 5.32 Å². The van der Waals surface area contributed by atoms with E-state index < -0.39 is 15.8 Å². The third-order valence-electron chi connectivity index (χ3n) is 4.88. The minimum absolute atomic E-state index is 0.0331. The van der Waals surface area contributed by atoms with Crippen LogP contribution >= 0.6 is 11.3 Å². The zero-order valence-electron chi connectivity index (χ0n) is 16.8. The maximum Gasteiger partial charge on any atom is 0.357 e. The van der Waals surface area contributed by atoms with E-state index >= 15 is 0 Å². The number of nitrogens with zero attached hydrogens (tertiary/aromatic N) is 3. The lowest BCUT2D eigenvalue weighted by Crippen LogP contribution is -2.16. The summed E-state index contributed by atoms with van der Waals surface area (Å²) in [4.78, 5) is 29.8. The van der Waals surface area contributed by atoms with E-state index in [2.05, 4.69) is 15.4 Å². The third-order valence-corrected chi connectivity index (χ3v) is 7.66. The van der Waals surface area contributed by atoms with Crippen LogP contribution in [0.2, 0.25) is 0 Å². The molecule has 0 radical (unpaired) electrons. The predicted octanol–water partition coefficient (Wildman–Crippen LogP) is 2.31. The van der Waals surface area contributed by atoms with E-state index in [0.29, 0.717) is 34.9 Å². The largest absolute Gasteiger partial charge is 0.464 e. The Kier molecular flexibility index (Phi) is 6.08. The Morgan fingerprint density at radius 2 is 2.07 bits per heavy atom. The molecule has 0 aliphatic carbocycles. The number of rotatable bonds is 6. The van der Waals surface area contributed by atoms with Gasteiger partial charge in [-0.05, 0) is 26.7 Å². The van der Waals surface area contributed by atoms with Crippen molar-refractivity contribution < 1.29 is 22.7 Å². The van der Waals surface area contributed by atoms with E-state index in [4.69, 9.17) is 4.74 Å². The summed E-state index contributed by atoms with van der Waals surface area (Å²) in [7, 11) is -1.77. The molecule has 9 nitrogen and oxygen atoms in total. The molecule has 11 heteroatoms. The number of hydrogen-bond donors (Lipinski definition) is 1. The van der Waals surface area contributed by atoms with Gasteiger partial charge in [0, 0.05) is 10.6 Å². The highest BCUT2D eigenvalue weighted by molar-refractivity contribution is 7.91. The first kappa shape index (κ1) is 21.4. The summed E-state index contributed by atoms with van der Waals surface area (Å²) < 4.78 is 30.0. The standard InChI is InChI=1S/C18H24N4O5S2/c1-5-6-13-15(17(24)27-4)19-18(28-13)20-16(23)14-10(2)21-22(11(14)3)12-7-8-29(25,26)9-12/h12H,5-9H2,1-4H3,(H,19,20,23)/t12-/m1/s1. The van der Waals surface area contributed by atoms with Crippen LogP contribution in [0.15, 0.2) is 0 Å². The minimum atomic E-state index is -3.06. The summed E-state index contributed by atoms with van der Waals surface area (Å²) >= 11 is 1.24. The van der Waals surface area contributed by atoms with Crippen LogP contribution in [0.3, 0.4) is 0 Å². The number of ether oxygens (including phenoxy) is 1. The Bertz CT molecular complexity index is 1050. The molecule has 0 spiro atoms. The first-order valence-electron chi connectivity index (χ1n) is 9.32. The Morgan fingerprint density at radius 3 is 2.66 bits per heavy atom. The number of anilines is 1. The van der Waals surface area contributed by atoms with Gasteiger partial charge in [-0.2, -0.15) is 5.10 Å². The van der Waals surface area contributed by atoms with Gasteiger partial charge in [-0.15, -0.1) is 11.3 Å². The molecule has 29 heavy (non-hydrogen) atoms. The van der Waals surface area contributed by atoms with Crippen LogP contribution in [0, 0.1) is 13.8 Å². The number of sulfone groups is 1. The fourth-order valence-corrected chi connectivity index (χ4v) is 6.27. The molecule has 1 atom stereocenters. The average Bonchev–Trinajstić information content (AvgIpc) is 3.30. The molecule has 2 aromatic rings. The molecule has 1 aliphatic heterocycles. The molecule has 1 saturated heterocycles. The van der Waals surface area contributed by atoms with Gasteiger partial charge in [0.25, 0.3) is 5.91 Å². The molecule has 1 N–H and O–H groups in total. The fraction of sp³-hybridized carbons (Fsp3) is 0.556. The highest BCUT2D eigenvalue weighted by atomic mass is 32.2. The van der Waals surface area contributed by atoms with Crippen LogP contribution in [-0.4, -0.2) is 53.7 Å². The Balaban J connectivity index is 1.86. The number of methoxy groups -OCH3 is 1. The van der Waals surface area contributed by atoms with Crippen molar-refractivity contribution in [2.75, 3.05) is 23.9 Å². The molecule has 3 rings (SSSR count). The van der Waals surface area contributed by atoms with Gasteiger partial charge in [0.05, 0.1) is 35.9 Å². The monoisotopic (exact) mass is 440 g/mol. The number of esters is 1. The van der Waals surface area contributed by atoms with Crippen molar-refractivity contribution in [3.05, 3.63) is 27.5 Å². The Morgan fingerprint density at radius 1 is 1.34 bits per heavy atom. The molecule has 2 aromatic heterocycles. The van der Waals surface area contributed by atoms with Gasteiger partial charge in [-0.25, -0.2) is 18.2 Å². The number of carbonyl (C=O) groups is 2. The summed E-state index contributed by atoms with van der Waals surface area (Å²) in [5.74, 6) is -0.758. The lowest BCUT2D eigenvalue weighted by molar-refractivity contribution is 0.0593. The normalized spacial score (nSPS) is 18.0. The second kappa shape index (κ2) is 8.23. The maximum atomic E-state index is 12.9. The topological polar surface area (TPSA) is 120 Å². The van der Waals surface area contributed by atoms with Gasteiger partial charge in [0.2, 0.25) is 0 Å². The van der Waals surface area contributed by atoms with Crippen LogP contribution in [0.4, 0.5) is 5.13 Å². The molecular weight excluding hydrogens is 416 g/mol. The molecule has 0 aromatic carbocycles. The van der Waals surface area contributed by atoms with E-state index in [1.165, 1.54) is 18.4 Å². The Labute approximate surface area is 173 Å². The maximum absolute atomic E-state index is 12.9. The van der Waals surface area contributed by atoms with Crippen LogP contribution in [0.5, 0.6) is 0 Å². The molecule has 1 aliphatic rings. The lowest BCUT2D eigenvalue weighted by Gasteiger charge is -2.11. The van der Waals surface area contributed by atoms with Crippen molar-refractivity contribution in [2.24, 2.45) is 0 Å². The van der Waals surface area contributed by atoms with Gasteiger partial charge in [-0.1, -0.05) is 13.3 Å². The number of hydrogen-bond acceptors (Lipinski definition) is 8. The van der Waals surface area contributed by atoms with Crippen molar-refractivity contribution in [1.82, 2.24) is 14.8 Å². The molecule has 3 heterocycles. The smallest absolute Gasteiger partial charge is 0.357 e. The molecule has 0 saturated carbocycles. The molecule has 0 bridgehead atoms. The van der Waals surface area contributed by atoms with Gasteiger partial charge in [0.15, 0.2) is 20.7 Å². The van der Waals surface area contributed by atoms with Gasteiger partial charge in [0.1, 0.15) is 0 Å². The van der Waals surface area contributed by atoms with Crippen molar-refractivity contribution in [3.8, 4) is 0 Å². The summed E-state index contributed by atoms with van der Waals surface area (Å²) in [6.45, 7) is 5.46.